The molecule has 1 saturated heterocycles. The number of allylic oxidation sites excluding steroid dienone is 1. The van der Waals surface area contributed by atoms with Gasteiger partial charge in [0, 0.05) is 37.7 Å². The maximum atomic E-state index is 14.1. The number of nitrogens with one attached hydrogen (secondary N) is 2. The molecule has 1 amide bonds. The van der Waals surface area contributed by atoms with Crippen LogP contribution in [0.4, 0.5) is 5.95 Å². The average molecular weight is 614 g/mol. The minimum absolute atomic E-state index is 0.0957. The largest absolute Gasteiger partial charge is 0.457 e. The normalized spacial score (nSPS) is 16.8. The molecule has 0 bridgehead atoms. The lowest BCUT2D eigenvalue weighted by molar-refractivity contribution is 0.0941. The maximum Gasteiger partial charge on any atom is 0.252 e. The number of anilines is 1. The van der Waals surface area contributed by atoms with Crippen LogP contribution in [-0.4, -0.2) is 47.1 Å². The zero-order valence-corrected chi connectivity index (χ0v) is 25.7. The fourth-order valence-electron chi connectivity index (χ4n) is 6.39. The third kappa shape index (κ3) is 6.27. The number of rotatable bonds is 8. The average Bonchev–Trinajstić information content (AvgIpc) is 3.54. The van der Waals surface area contributed by atoms with Gasteiger partial charge in [-0.2, -0.15) is 0 Å². The SMILES string of the molecule is COCc1cc(=O)[nH]c(N2CCC(NC(=O)c3c4c(nc5ccccc35)/C(=C\c3ccc(Oc5ccccc5)cc3)CCC4)C2)n1. The molecule has 9 nitrogen and oxygen atoms in total. The third-order valence-electron chi connectivity index (χ3n) is 8.49. The Bertz CT molecular complexity index is 1970. The number of amides is 1. The number of hydrogen-bond acceptors (Lipinski definition) is 7. The summed E-state index contributed by atoms with van der Waals surface area (Å²) < 4.78 is 11.1. The van der Waals surface area contributed by atoms with Gasteiger partial charge in [0.2, 0.25) is 5.95 Å². The van der Waals surface area contributed by atoms with E-state index < -0.39 is 0 Å². The first-order chi connectivity index (χ1) is 22.5. The van der Waals surface area contributed by atoms with Crippen molar-refractivity contribution in [1.82, 2.24) is 20.3 Å². The van der Waals surface area contributed by atoms with Gasteiger partial charge in [-0.15, -0.1) is 0 Å². The van der Waals surface area contributed by atoms with Crippen LogP contribution in [0, 0.1) is 0 Å². The standard InChI is InChI=1S/C37H35N5O4/c1-45-23-27-21-33(43)41-37(39-27)42-19-18-26(22-42)38-36(44)34-30-11-5-6-13-32(30)40-35-25(8-7-12-31(34)35)20-24-14-16-29(17-15-24)46-28-9-3-2-4-10-28/h2-6,9-11,13-17,20-21,26H,7-8,12,18-19,22-23H2,1H3,(H,38,44)(H,39,41,43)/b25-20-. The number of benzene rings is 3. The van der Waals surface area contributed by atoms with Gasteiger partial charge in [0.1, 0.15) is 11.5 Å². The molecule has 1 unspecified atom stereocenters. The summed E-state index contributed by atoms with van der Waals surface area (Å²) in [6, 6.07) is 27.0. The van der Waals surface area contributed by atoms with Crippen molar-refractivity contribution in [3.8, 4) is 11.5 Å². The molecule has 46 heavy (non-hydrogen) atoms. The van der Waals surface area contributed by atoms with Crippen molar-refractivity contribution in [1.29, 1.82) is 0 Å². The van der Waals surface area contributed by atoms with Crippen LogP contribution in [0.3, 0.4) is 0 Å². The van der Waals surface area contributed by atoms with Crippen molar-refractivity contribution in [2.45, 2.75) is 38.3 Å². The van der Waals surface area contributed by atoms with Crippen molar-refractivity contribution < 1.29 is 14.3 Å². The lowest BCUT2D eigenvalue weighted by Crippen LogP contribution is -2.38. The lowest BCUT2D eigenvalue weighted by atomic mass is 9.85. The van der Waals surface area contributed by atoms with E-state index in [1.54, 1.807) is 7.11 Å². The number of aromatic nitrogens is 3. The van der Waals surface area contributed by atoms with E-state index in [9.17, 15) is 9.59 Å². The van der Waals surface area contributed by atoms with E-state index in [1.165, 1.54) is 6.07 Å². The number of para-hydroxylation sites is 2. The molecule has 0 spiro atoms. The molecule has 1 atom stereocenters. The summed E-state index contributed by atoms with van der Waals surface area (Å²) in [5, 5.41) is 4.15. The monoisotopic (exact) mass is 613 g/mol. The van der Waals surface area contributed by atoms with Gasteiger partial charge in [-0.1, -0.05) is 48.5 Å². The number of aromatic amines is 1. The molecular weight excluding hydrogens is 578 g/mol. The Morgan fingerprint density at radius 1 is 1.00 bits per heavy atom. The highest BCUT2D eigenvalue weighted by molar-refractivity contribution is 6.09. The smallest absolute Gasteiger partial charge is 0.252 e. The van der Waals surface area contributed by atoms with Gasteiger partial charge < -0.3 is 19.7 Å². The van der Waals surface area contributed by atoms with Crippen molar-refractivity contribution in [3.63, 3.8) is 0 Å². The number of carbonyl (C=O) groups excluding carboxylic acids is 1. The lowest BCUT2D eigenvalue weighted by Gasteiger charge is -2.24. The van der Waals surface area contributed by atoms with Crippen LogP contribution in [0.1, 0.15) is 52.1 Å². The third-order valence-corrected chi connectivity index (χ3v) is 8.49. The minimum atomic E-state index is -0.222. The number of pyridine rings is 1. The van der Waals surface area contributed by atoms with E-state index in [0.717, 1.165) is 70.5 Å². The molecule has 5 aromatic rings. The van der Waals surface area contributed by atoms with Gasteiger partial charge in [-0.25, -0.2) is 9.97 Å². The highest BCUT2D eigenvalue weighted by Gasteiger charge is 2.30. The first kappa shape index (κ1) is 29.4. The summed E-state index contributed by atoms with van der Waals surface area (Å²) in [4.78, 5) is 40.8. The van der Waals surface area contributed by atoms with Crippen LogP contribution in [0.25, 0.3) is 22.6 Å². The number of hydrogen-bond donors (Lipinski definition) is 2. The predicted molar refractivity (Wildman–Crippen MR) is 179 cm³/mol. The number of carbonyl (C=O) groups is 1. The zero-order valence-electron chi connectivity index (χ0n) is 25.7. The van der Waals surface area contributed by atoms with Gasteiger partial charge in [-0.3, -0.25) is 14.6 Å². The van der Waals surface area contributed by atoms with Crippen LogP contribution < -0.4 is 20.5 Å². The van der Waals surface area contributed by atoms with Crippen LogP contribution >= 0.6 is 0 Å². The van der Waals surface area contributed by atoms with E-state index in [0.29, 0.717) is 30.3 Å². The Morgan fingerprint density at radius 2 is 1.78 bits per heavy atom. The van der Waals surface area contributed by atoms with E-state index in [-0.39, 0.29) is 24.1 Å². The quantitative estimate of drug-likeness (QED) is 0.216. The molecule has 1 aliphatic carbocycles. The Kier molecular flexibility index (Phi) is 8.31. The molecule has 7 rings (SSSR count). The minimum Gasteiger partial charge on any atom is -0.457 e. The highest BCUT2D eigenvalue weighted by Crippen LogP contribution is 2.36. The van der Waals surface area contributed by atoms with E-state index in [2.05, 4.69) is 21.4 Å². The van der Waals surface area contributed by atoms with Gasteiger partial charge in [0.25, 0.3) is 11.5 Å². The van der Waals surface area contributed by atoms with Crippen molar-refractivity contribution in [3.05, 3.63) is 123 Å². The van der Waals surface area contributed by atoms with E-state index >= 15 is 0 Å². The van der Waals surface area contributed by atoms with Gasteiger partial charge >= 0.3 is 0 Å². The summed E-state index contributed by atoms with van der Waals surface area (Å²) >= 11 is 0. The number of nitrogens with zero attached hydrogens (tertiary/aromatic N) is 3. The second kappa shape index (κ2) is 13.0. The second-order valence-corrected chi connectivity index (χ2v) is 11.7. The summed E-state index contributed by atoms with van der Waals surface area (Å²) in [6.07, 6.45) is 5.51. The Hall–Kier alpha value is -5.28. The molecule has 2 aromatic heterocycles. The maximum absolute atomic E-state index is 14.1. The summed E-state index contributed by atoms with van der Waals surface area (Å²) in [5.41, 5.74) is 5.91. The molecule has 3 aromatic carbocycles. The first-order valence-electron chi connectivity index (χ1n) is 15.6. The first-order valence-corrected chi connectivity index (χ1v) is 15.6. The molecule has 1 aliphatic heterocycles. The molecule has 232 valence electrons. The van der Waals surface area contributed by atoms with Crippen molar-refractivity contribution >= 4 is 34.4 Å². The topological polar surface area (TPSA) is 109 Å². The summed E-state index contributed by atoms with van der Waals surface area (Å²) in [5.74, 6) is 1.97. The zero-order chi connectivity index (χ0) is 31.5. The van der Waals surface area contributed by atoms with Crippen LogP contribution in [0.15, 0.2) is 89.7 Å². The molecule has 3 heterocycles. The number of ether oxygens (including phenoxy) is 2. The van der Waals surface area contributed by atoms with Crippen LogP contribution in [-0.2, 0) is 17.8 Å². The molecule has 0 saturated carbocycles. The number of methoxy groups -OCH3 is 1. The Balaban J connectivity index is 1.15. The highest BCUT2D eigenvalue weighted by atomic mass is 16.5. The number of H-pyrrole nitrogens is 1. The molecule has 2 aliphatic rings. The van der Waals surface area contributed by atoms with Gasteiger partial charge in [0.05, 0.1) is 29.1 Å². The van der Waals surface area contributed by atoms with Crippen LogP contribution in [0.5, 0.6) is 11.5 Å². The molecule has 9 heteroatoms. The molecule has 1 fully saturated rings. The second-order valence-electron chi connectivity index (χ2n) is 11.7. The Morgan fingerprint density at radius 3 is 2.61 bits per heavy atom. The van der Waals surface area contributed by atoms with E-state index in [1.807, 2.05) is 83.8 Å². The number of fused-ring (bicyclic) bond motifs is 2. The van der Waals surface area contributed by atoms with Gasteiger partial charge in [0.15, 0.2) is 0 Å². The summed E-state index contributed by atoms with van der Waals surface area (Å²) in [7, 11) is 1.57. The fraction of sp³-hybridized carbons (Fsp3) is 0.243. The summed E-state index contributed by atoms with van der Waals surface area (Å²) in [6.45, 7) is 1.47. The predicted octanol–water partition coefficient (Wildman–Crippen LogP) is 6.14. The molecule has 2 N–H and O–H groups in total. The molecular formula is C37H35N5O4. The van der Waals surface area contributed by atoms with Crippen molar-refractivity contribution in [2.24, 2.45) is 0 Å². The van der Waals surface area contributed by atoms with E-state index in [4.69, 9.17) is 14.5 Å². The van der Waals surface area contributed by atoms with Crippen molar-refractivity contribution in [2.75, 3.05) is 25.1 Å². The van der Waals surface area contributed by atoms with Crippen LogP contribution in [0.2, 0.25) is 0 Å². The van der Waals surface area contributed by atoms with Gasteiger partial charge in [-0.05, 0) is 78.8 Å². The Labute approximate surface area is 266 Å². The fourth-order valence-corrected chi connectivity index (χ4v) is 6.39. The molecule has 0 radical (unpaired) electrons.